The van der Waals surface area contributed by atoms with E-state index in [0.29, 0.717) is 12.8 Å². The Kier molecular flexibility index (Phi) is 45.7. The molecule has 3 rings (SSSR count). The molecule has 87 heavy (non-hydrogen) atoms. The first kappa shape index (κ1) is 79.0. The topological polar surface area (TPSA) is 307 Å². The summed E-state index contributed by atoms with van der Waals surface area (Å²) >= 11 is 0. The summed E-state index contributed by atoms with van der Waals surface area (Å²) in [5.74, 6) is -0.289. The van der Waals surface area contributed by atoms with E-state index in [9.17, 15) is 61.0 Å². The number of carbonyl (C=O) groups is 1. The van der Waals surface area contributed by atoms with Gasteiger partial charge < -0.3 is 89.9 Å². The fourth-order valence-electron chi connectivity index (χ4n) is 11.5. The molecule has 17 unspecified atom stereocenters. The Bertz CT molecular complexity index is 1770. The van der Waals surface area contributed by atoms with Crippen LogP contribution < -0.4 is 5.32 Å². The van der Waals surface area contributed by atoms with Gasteiger partial charge in [-0.15, -0.1) is 0 Å². The third-order valence-electron chi connectivity index (χ3n) is 17.1. The lowest BCUT2D eigenvalue weighted by Crippen LogP contribution is -2.66. The molecular formula is C68H123NO18. The Morgan fingerprint density at radius 2 is 0.770 bits per heavy atom. The minimum atomic E-state index is -1.98. The van der Waals surface area contributed by atoms with E-state index < -0.39 is 124 Å². The number of allylic oxidation sites excluding steroid dienone is 7. The summed E-state index contributed by atoms with van der Waals surface area (Å²) in [5.41, 5.74) is 0. The van der Waals surface area contributed by atoms with Crippen LogP contribution in [-0.4, -0.2) is 193 Å². The molecule has 3 aliphatic heterocycles. The molecule has 0 saturated carbocycles. The number of rotatable bonds is 52. The Morgan fingerprint density at radius 3 is 1.22 bits per heavy atom. The zero-order valence-electron chi connectivity index (χ0n) is 53.5. The number of ether oxygens (including phenoxy) is 6. The summed E-state index contributed by atoms with van der Waals surface area (Å²) in [7, 11) is 0. The summed E-state index contributed by atoms with van der Waals surface area (Å²) in [5, 5.41) is 120. The second-order valence-electron chi connectivity index (χ2n) is 24.6. The first-order valence-corrected chi connectivity index (χ1v) is 34.4. The molecular weight excluding hydrogens is 1120 g/mol. The smallest absolute Gasteiger partial charge is 0.220 e. The van der Waals surface area contributed by atoms with Crippen molar-refractivity contribution in [2.24, 2.45) is 0 Å². The van der Waals surface area contributed by atoms with E-state index in [0.717, 1.165) is 57.8 Å². The van der Waals surface area contributed by atoms with Crippen LogP contribution in [0, 0.1) is 0 Å². The largest absolute Gasteiger partial charge is 0.394 e. The molecule has 0 spiro atoms. The van der Waals surface area contributed by atoms with E-state index in [4.69, 9.17) is 28.4 Å². The van der Waals surface area contributed by atoms with Crippen LogP contribution >= 0.6 is 0 Å². The number of aliphatic hydroxyl groups is 11. The van der Waals surface area contributed by atoms with Crippen molar-refractivity contribution in [3.8, 4) is 0 Å². The summed E-state index contributed by atoms with van der Waals surface area (Å²) < 4.78 is 34.3. The molecule has 0 radical (unpaired) electrons. The first-order chi connectivity index (χ1) is 42.3. The number of aliphatic hydroxyl groups excluding tert-OH is 11. The maximum atomic E-state index is 13.4. The predicted octanol–water partition coefficient (Wildman–Crippen LogP) is 8.61. The van der Waals surface area contributed by atoms with Gasteiger partial charge in [-0.3, -0.25) is 4.79 Å². The standard InChI is InChI=1S/C68H123NO18/c1-3-5-7-9-11-13-15-17-19-21-23-25-27-29-31-33-35-37-39-41-43-45-52(73)51(69-56(74)46-44-42-40-38-36-34-32-30-28-26-24-22-20-18-16-14-12-10-8-6-4-2)50-82-66-62(80)59(77)64(54(48-71)84-66)87-68-63(81)60(78)65(55(49-72)85-68)86-67-61(79)58(76)57(75)53(47-70)83-67/h16,18,22,24,35,37,43,45,51-55,57-68,70-73,75-81H,3-15,17,19-21,23,25-34,36,38-42,44,46-50H2,1-2H3,(H,69,74)/b18-16-,24-22-,37-35+,45-43+. The van der Waals surface area contributed by atoms with Crippen molar-refractivity contribution in [2.75, 3.05) is 26.4 Å². The van der Waals surface area contributed by atoms with Crippen LogP contribution in [0.4, 0.5) is 0 Å². The average molecular weight is 1240 g/mol. The van der Waals surface area contributed by atoms with Gasteiger partial charge in [0.25, 0.3) is 0 Å². The summed E-state index contributed by atoms with van der Waals surface area (Å²) in [6.07, 6.45) is 32.2. The van der Waals surface area contributed by atoms with Crippen molar-refractivity contribution < 1.29 is 89.4 Å². The second-order valence-corrected chi connectivity index (χ2v) is 24.6. The predicted molar refractivity (Wildman–Crippen MR) is 337 cm³/mol. The van der Waals surface area contributed by atoms with Crippen molar-refractivity contribution in [2.45, 2.75) is 349 Å². The van der Waals surface area contributed by atoms with Gasteiger partial charge in [-0.25, -0.2) is 0 Å². The van der Waals surface area contributed by atoms with Gasteiger partial charge in [-0.1, -0.05) is 223 Å². The van der Waals surface area contributed by atoms with Gasteiger partial charge in [0.05, 0.1) is 38.6 Å². The van der Waals surface area contributed by atoms with Crippen LogP contribution in [0.2, 0.25) is 0 Å². The number of hydrogen-bond acceptors (Lipinski definition) is 18. The van der Waals surface area contributed by atoms with Gasteiger partial charge in [-0.05, 0) is 64.2 Å². The van der Waals surface area contributed by atoms with Crippen molar-refractivity contribution in [3.63, 3.8) is 0 Å². The first-order valence-electron chi connectivity index (χ1n) is 34.4. The monoisotopic (exact) mass is 1240 g/mol. The molecule has 0 bridgehead atoms. The molecule has 0 aromatic carbocycles. The van der Waals surface area contributed by atoms with E-state index in [1.54, 1.807) is 6.08 Å². The van der Waals surface area contributed by atoms with Crippen LogP contribution in [0.25, 0.3) is 0 Å². The van der Waals surface area contributed by atoms with Crippen LogP contribution in [-0.2, 0) is 33.2 Å². The summed E-state index contributed by atoms with van der Waals surface area (Å²) in [4.78, 5) is 13.4. The normalized spacial score (nSPS) is 28.9. The van der Waals surface area contributed by atoms with Crippen molar-refractivity contribution >= 4 is 5.91 Å². The molecule has 19 nitrogen and oxygen atoms in total. The molecule has 19 heteroatoms. The summed E-state index contributed by atoms with van der Waals surface area (Å²) in [6, 6.07) is -0.994. The maximum Gasteiger partial charge on any atom is 0.220 e. The van der Waals surface area contributed by atoms with Crippen molar-refractivity contribution in [1.29, 1.82) is 0 Å². The minimum Gasteiger partial charge on any atom is -0.394 e. The highest BCUT2D eigenvalue weighted by Crippen LogP contribution is 2.33. The lowest BCUT2D eigenvalue weighted by atomic mass is 9.96. The molecule has 3 aliphatic rings. The van der Waals surface area contributed by atoms with Gasteiger partial charge in [0.15, 0.2) is 18.9 Å². The highest BCUT2D eigenvalue weighted by atomic mass is 16.8. The van der Waals surface area contributed by atoms with Gasteiger partial charge in [0.2, 0.25) is 5.91 Å². The van der Waals surface area contributed by atoms with E-state index in [1.807, 2.05) is 6.08 Å². The molecule has 0 aliphatic carbocycles. The molecule has 3 fully saturated rings. The van der Waals surface area contributed by atoms with Crippen LogP contribution in [0.3, 0.4) is 0 Å². The quantitative estimate of drug-likeness (QED) is 0.0200. The lowest BCUT2D eigenvalue weighted by Gasteiger charge is -2.48. The SMILES string of the molecule is CCCCCCC/C=C\C/C=C\CCCCCCCCCCCC(=O)NC(COC1OC(CO)C(OC2OC(CO)C(OC3OC(CO)C(O)C(O)C3O)C(O)C2O)C(O)C1O)C(O)/C=C/CC/C=C/CCCCCCCCCCCCCCCCC. The van der Waals surface area contributed by atoms with Gasteiger partial charge in [-0.2, -0.15) is 0 Å². The number of hydrogen-bond donors (Lipinski definition) is 12. The number of carbonyl (C=O) groups excluding carboxylic acids is 1. The molecule has 3 saturated heterocycles. The third-order valence-corrected chi connectivity index (χ3v) is 17.1. The van der Waals surface area contributed by atoms with Gasteiger partial charge in [0.1, 0.15) is 73.2 Å². The number of amides is 1. The van der Waals surface area contributed by atoms with E-state index in [2.05, 4.69) is 55.6 Å². The lowest BCUT2D eigenvalue weighted by molar-refractivity contribution is -0.379. The fourth-order valence-corrected chi connectivity index (χ4v) is 11.5. The minimum absolute atomic E-state index is 0.230. The molecule has 0 aromatic heterocycles. The Labute approximate surface area is 523 Å². The number of unbranched alkanes of at least 4 members (excludes halogenated alkanes) is 30. The fraction of sp³-hybridized carbons (Fsp3) is 0.868. The van der Waals surface area contributed by atoms with Crippen LogP contribution in [0.1, 0.15) is 245 Å². The molecule has 3 heterocycles. The Balaban J connectivity index is 1.47. The molecule has 508 valence electrons. The van der Waals surface area contributed by atoms with E-state index in [-0.39, 0.29) is 18.9 Å². The van der Waals surface area contributed by atoms with Gasteiger partial charge >= 0.3 is 0 Å². The molecule has 0 aromatic rings. The average Bonchev–Trinajstić information content (AvgIpc) is 2.40. The van der Waals surface area contributed by atoms with Gasteiger partial charge in [0, 0.05) is 6.42 Å². The van der Waals surface area contributed by atoms with Crippen molar-refractivity contribution in [1.82, 2.24) is 5.32 Å². The molecule has 12 N–H and O–H groups in total. The van der Waals surface area contributed by atoms with E-state index >= 15 is 0 Å². The second kappa shape index (κ2) is 50.3. The summed E-state index contributed by atoms with van der Waals surface area (Å²) in [6.45, 7) is 1.71. The molecule has 1 amide bonds. The highest BCUT2D eigenvalue weighted by molar-refractivity contribution is 5.76. The zero-order valence-corrected chi connectivity index (χ0v) is 53.5. The Hall–Kier alpha value is -2.25. The van der Waals surface area contributed by atoms with Crippen LogP contribution in [0.5, 0.6) is 0 Å². The zero-order chi connectivity index (χ0) is 63.3. The maximum absolute atomic E-state index is 13.4. The Morgan fingerprint density at radius 1 is 0.414 bits per heavy atom. The third kappa shape index (κ3) is 32.7. The van der Waals surface area contributed by atoms with E-state index in [1.165, 1.54) is 154 Å². The van der Waals surface area contributed by atoms with Crippen molar-refractivity contribution in [3.05, 3.63) is 48.6 Å². The molecule has 17 atom stereocenters. The van der Waals surface area contributed by atoms with Crippen LogP contribution in [0.15, 0.2) is 48.6 Å². The number of nitrogens with one attached hydrogen (secondary N) is 1. The highest BCUT2D eigenvalue weighted by Gasteiger charge is 2.53.